The van der Waals surface area contributed by atoms with Gasteiger partial charge >= 0.3 is 5.97 Å². The molecule has 0 aliphatic rings. The predicted octanol–water partition coefficient (Wildman–Crippen LogP) is 5.96. The van der Waals surface area contributed by atoms with Crippen LogP contribution >= 0.6 is 11.8 Å². The quantitative estimate of drug-likeness (QED) is 0.0787. The molecule has 4 aromatic carbocycles. The van der Waals surface area contributed by atoms with Gasteiger partial charge in [0.2, 0.25) is 0 Å². The number of hydrogen-bond acceptors (Lipinski definition) is 5. The van der Waals surface area contributed by atoms with Crippen molar-refractivity contribution in [3.05, 3.63) is 89.2 Å². The SMILES string of the molecule is C=C(C)C(=O)OCCSc1ccc2c3c1cccc3c(=O)n1c3cccc4cccc(nc21)c43. The van der Waals surface area contributed by atoms with Crippen LogP contribution in [-0.4, -0.2) is 27.7 Å². The molecule has 0 aliphatic heterocycles. The molecule has 166 valence electrons. The van der Waals surface area contributed by atoms with Crippen molar-refractivity contribution in [2.75, 3.05) is 12.4 Å². The van der Waals surface area contributed by atoms with Gasteiger partial charge in [-0.25, -0.2) is 9.78 Å². The zero-order valence-corrected chi connectivity index (χ0v) is 19.3. The summed E-state index contributed by atoms with van der Waals surface area (Å²) in [4.78, 5) is 31.4. The molecule has 6 aromatic rings. The molecule has 2 heterocycles. The number of thioether (sulfide) groups is 1. The van der Waals surface area contributed by atoms with Crippen LogP contribution < -0.4 is 5.56 Å². The highest BCUT2D eigenvalue weighted by atomic mass is 32.2. The Bertz CT molecular complexity index is 1830. The Morgan fingerprint density at radius 1 is 0.971 bits per heavy atom. The Kier molecular flexibility index (Phi) is 4.78. The lowest BCUT2D eigenvalue weighted by atomic mass is 10.0. The van der Waals surface area contributed by atoms with Gasteiger partial charge in [0, 0.05) is 37.8 Å². The van der Waals surface area contributed by atoms with Gasteiger partial charge < -0.3 is 4.74 Å². The van der Waals surface area contributed by atoms with Gasteiger partial charge in [0.25, 0.3) is 5.56 Å². The largest absolute Gasteiger partial charge is 0.461 e. The molecule has 0 amide bonds. The number of carbonyl (C=O) groups excluding carboxylic acids is 1. The fraction of sp³-hybridized carbons (Fsp3) is 0.107. The molecule has 0 unspecified atom stereocenters. The number of ether oxygens (including phenoxy) is 1. The van der Waals surface area contributed by atoms with E-state index in [0.717, 1.165) is 42.9 Å². The second-order valence-corrected chi connectivity index (χ2v) is 9.47. The lowest BCUT2D eigenvalue weighted by molar-refractivity contribution is -0.138. The van der Waals surface area contributed by atoms with Crippen molar-refractivity contribution < 1.29 is 9.53 Å². The summed E-state index contributed by atoms with van der Waals surface area (Å²) in [6.07, 6.45) is 0. The Morgan fingerprint density at radius 2 is 1.74 bits per heavy atom. The van der Waals surface area contributed by atoms with E-state index in [2.05, 4.69) is 12.6 Å². The van der Waals surface area contributed by atoms with Gasteiger partial charge in [-0.05, 0) is 48.0 Å². The first-order valence-electron chi connectivity index (χ1n) is 11.0. The van der Waals surface area contributed by atoms with E-state index >= 15 is 0 Å². The molecular formula is C28H20N2O3S. The average molecular weight is 465 g/mol. The van der Waals surface area contributed by atoms with Gasteiger partial charge in [-0.3, -0.25) is 9.20 Å². The number of rotatable bonds is 5. The van der Waals surface area contributed by atoms with Crippen LogP contribution in [0.25, 0.3) is 49.0 Å². The highest BCUT2D eigenvalue weighted by Gasteiger charge is 2.17. The van der Waals surface area contributed by atoms with E-state index in [-0.39, 0.29) is 11.5 Å². The van der Waals surface area contributed by atoms with Crippen LogP contribution in [0.4, 0.5) is 0 Å². The van der Waals surface area contributed by atoms with Gasteiger partial charge in [-0.1, -0.05) is 43.0 Å². The summed E-state index contributed by atoms with van der Waals surface area (Å²) >= 11 is 1.60. The van der Waals surface area contributed by atoms with Crippen molar-refractivity contribution in [1.82, 2.24) is 9.38 Å². The van der Waals surface area contributed by atoms with Crippen molar-refractivity contribution in [3.63, 3.8) is 0 Å². The van der Waals surface area contributed by atoms with E-state index in [1.165, 1.54) is 0 Å². The maximum atomic E-state index is 13.8. The molecule has 0 atom stereocenters. The van der Waals surface area contributed by atoms with E-state index in [9.17, 15) is 9.59 Å². The number of esters is 1. The molecule has 5 nitrogen and oxygen atoms in total. The summed E-state index contributed by atoms with van der Waals surface area (Å²) in [6, 6.07) is 22.0. The molecular weight excluding hydrogens is 444 g/mol. The summed E-state index contributed by atoms with van der Waals surface area (Å²) in [5.74, 6) is 0.224. The monoisotopic (exact) mass is 464 g/mol. The van der Waals surface area contributed by atoms with Gasteiger partial charge in [0.1, 0.15) is 12.3 Å². The molecule has 0 saturated carbocycles. The molecule has 0 bridgehead atoms. The Morgan fingerprint density at radius 3 is 2.56 bits per heavy atom. The van der Waals surface area contributed by atoms with Crippen molar-refractivity contribution in [2.24, 2.45) is 0 Å². The predicted molar refractivity (Wildman–Crippen MR) is 139 cm³/mol. The average Bonchev–Trinajstić information content (AvgIpc) is 2.85. The first-order chi connectivity index (χ1) is 16.5. The molecule has 0 fully saturated rings. The second kappa shape index (κ2) is 7.85. The van der Waals surface area contributed by atoms with Crippen molar-refractivity contribution >= 4 is 66.7 Å². The third-order valence-electron chi connectivity index (χ3n) is 6.14. The molecule has 6 rings (SSSR count). The third kappa shape index (κ3) is 3.06. The second-order valence-electron chi connectivity index (χ2n) is 8.33. The molecule has 2 aromatic heterocycles. The Balaban J connectivity index is 1.56. The van der Waals surface area contributed by atoms with E-state index in [0.29, 0.717) is 29.0 Å². The van der Waals surface area contributed by atoms with E-state index in [1.54, 1.807) is 23.1 Å². The minimum atomic E-state index is -0.381. The first-order valence-corrected chi connectivity index (χ1v) is 12.0. The minimum Gasteiger partial charge on any atom is -0.461 e. The first kappa shape index (κ1) is 20.7. The summed E-state index contributed by atoms with van der Waals surface area (Å²) < 4.78 is 6.97. The number of hydrogen-bond donors (Lipinski definition) is 0. The molecule has 0 radical (unpaired) electrons. The summed E-state index contributed by atoms with van der Waals surface area (Å²) in [5, 5.41) is 5.58. The number of benzene rings is 4. The zero-order valence-electron chi connectivity index (χ0n) is 18.5. The minimum absolute atomic E-state index is 0.0728. The zero-order chi connectivity index (χ0) is 23.4. The topological polar surface area (TPSA) is 60.7 Å². The summed E-state index contributed by atoms with van der Waals surface area (Å²) in [7, 11) is 0. The number of fused-ring (bicyclic) bond motifs is 3. The van der Waals surface area contributed by atoms with E-state index < -0.39 is 0 Å². The molecule has 0 saturated heterocycles. The molecule has 0 spiro atoms. The fourth-order valence-corrected chi connectivity index (χ4v) is 5.52. The number of carbonyl (C=O) groups is 1. The van der Waals surface area contributed by atoms with Gasteiger partial charge in [-0.15, -0.1) is 11.8 Å². The highest BCUT2D eigenvalue weighted by molar-refractivity contribution is 7.99. The van der Waals surface area contributed by atoms with Crippen molar-refractivity contribution in [2.45, 2.75) is 11.8 Å². The Hall–Kier alpha value is -3.90. The Labute approximate surface area is 199 Å². The highest BCUT2D eigenvalue weighted by Crippen LogP contribution is 2.36. The van der Waals surface area contributed by atoms with Crippen LogP contribution in [0.5, 0.6) is 0 Å². The fourth-order valence-electron chi connectivity index (χ4n) is 4.65. The number of aromatic nitrogens is 2. The maximum absolute atomic E-state index is 13.8. The molecule has 6 heteroatoms. The van der Waals surface area contributed by atoms with Crippen LogP contribution in [0.2, 0.25) is 0 Å². The van der Waals surface area contributed by atoms with E-state index in [1.807, 2.05) is 60.7 Å². The van der Waals surface area contributed by atoms with Gasteiger partial charge in [0.15, 0.2) is 0 Å². The number of nitrogens with zero attached hydrogens (tertiary/aromatic N) is 2. The van der Waals surface area contributed by atoms with Crippen molar-refractivity contribution in [1.29, 1.82) is 0 Å². The van der Waals surface area contributed by atoms with Crippen LogP contribution in [0, 0.1) is 0 Å². The van der Waals surface area contributed by atoms with Gasteiger partial charge in [-0.2, -0.15) is 0 Å². The molecule has 0 aliphatic carbocycles. The lowest BCUT2D eigenvalue weighted by Crippen LogP contribution is -2.16. The lowest BCUT2D eigenvalue weighted by Gasteiger charge is -2.15. The standard InChI is InChI=1S/C28H20N2O3S/c1-16(2)28(32)33-14-15-34-23-13-12-19-25-18(23)8-5-9-20(25)27(31)30-22-11-4-7-17-6-3-10-21(24(17)22)29-26(19)30/h3-13H,1,14-15H2,2H3. The maximum Gasteiger partial charge on any atom is 0.333 e. The summed E-state index contributed by atoms with van der Waals surface area (Å²) in [5.41, 5.74) is 2.71. The van der Waals surface area contributed by atoms with Crippen LogP contribution in [0.3, 0.4) is 0 Å². The normalized spacial score (nSPS) is 11.8. The molecule has 0 N–H and O–H groups in total. The van der Waals surface area contributed by atoms with Crippen molar-refractivity contribution in [3.8, 4) is 0 Å². The van der Waals surface area contributed by atoms with E-state index in [4.69, 9.17) is 9.72 Å². The van der Waals surface area contributed by atoms with Crippen LogP contribution in [-0.2, 0) is 9.53 Å². The third-order valence-corrected chi connectivity index (χ3v) is 7.18. The number of pyridine rings is 1. The molecule has 34 heavy (non-hydrogen) atoms. The smallest absolute Gasteiger partial charge is 0.333 e. The summed E-state index contributed by atoms with van der Waals surface area (Å²) in [6.45, 7) is 5.53. The van der Waals surface area contributed by atoms with Crippen LogP contribution in [0.15, 0.2) is 88.6 Å². The van der Waals surface area contributed by atoms with Crippen LogP contribution in [0.1, 0.15) is 6.92 Å². The van der Waals surface area contributed by atoms with Gasteiger partial charge in [0.05, 0.1) is 11.0 Å².